The number of aromatic nitrogens is 2. The summed E-state index contributed by atoms with van der Waals surface area (Å²) in [5.41, 5.74) is -0.507. The Bertz CT molecular complexity index is 1010. The van der Waals surface area contributed by atoms with Crippen molar-refractivity contribution in [3.8, 4) is 0 Å². The predicted octanol–water partition coefficient (Wildman–Crippen LogP) is 1.20. The Hall–Kier alpha value is -2.75. The summed E-state index contributed by atoms with van der Waals surface area (Å²) in [6.45, 7) is -0.248. The number of nitrogens with zero attached hydrogens (tertiary/aromatic N) is 3. The van der Waals surface area contributed by atoms with E-state index in [0.717, 1.165) is 24.2 Å². The summed E-state index contributed by atoms with van der Waals surface area (Å²) in [4.78, 5) is 59.1. The average molecular weight is 403 g/mol. The van der Waals surface area contributed by atoms with Crippen LogP contribution in [0.4, 0.5) is 4.79 Å². The first-order chi connectivity index (χ1) is 13.4. The smallest absolute Gasteiger partial charge is 0.325 e. The summed E-state index contributed by atoms with van der Waals surface area (Å²) in [6, 6.07) is 1.23. The summed E-state index contributed by atoms with van der Waals surface area (Å²) < 4.78 is 0.537. The van der Waals surface area contributed by atoms with Crippen LogP contribution in [-0.4, -0.2) is 56.7 Å². The fourth-order valence-corrected chi connectivity index (χ4v) is 4.60. The highest BCUT2D eigenvalue weighted by Crippen LogP contribution is 2.33. The first-order valence-electron chi connectivity index (χ1n) is 9.24. The van der Waals surface area contributed by atoms with Crippen LogP contribution in [0, 0.1) is 0 Å². The second-order valence-electron chi connectivity index (χ2n) is 7.36. The SMILES string of the molecule is CN(Cc1nc2ccsc2c(=O)[nH]1)C(=O)CN1C(=O)NC2(CCCCC2)C1=O. The number of carbonyl (C=O) groups excluding carboxylic acids is 3. The van der Waals surface area contributed by atoms with Crippen LogP contribution in [0.5, 0.6) is 0 Å². The molecule has 10 heteroatoms. The molecular weight excluding hydrogens is 382 g/mol. The number of hydrogen-bond donors (Lipinski definition) is 2. The van der Waals surface area contributed by atoms with Crippen molar-refractivity contribution in [1.82, 2.24) is 25.1 Å². The molecule has 2 aromatic rings. The summed E-state index contributed by atoms with van der Waals surface area (Å²) in [7, 11) is 1.55. The van der Waals surface area contributed by atoms with Crippen LogP contribution < -0.4 is 10.9 Å². The molecule has 0 radical (unpaired) electrons. The molecule has 1 saturated heterocycles. The van der Waals surface area contributed by atoms with Crippen molar-refractivity contribution >= 4 is 39.4 Å². The van der Waals surface area contributed by atoms with Gasteiger partial charge >= 0.3 is 6.03 Å². The second-order valence-corrected chi connectivity index (χ2v) is 8.28. The molecule has 1 aliphatic carbocycles. The Morgan fingerprint density at radius 2 is 2.04 bits per heavy atom. The zero-order valence-corrected chi connectivity index (χ0v) is 16.3. The Morgan fingerprint density at radius 1 is 1.29 bits per heavy atom. The van der Waals surface area contributed by atoms with Gasteiger partial charge in [-0.3, -0.25) is 19.3 Å². The summed E-state index contributed by atoms with van der Waals surface area (Å²) in [5, 5.41) is 4.58. The minimum Gasteiger partial charge on any atom is -0.337 e. The van der Waals surface area contributed by atoms with Crippen molar-refractivity contribution in [2.75, 3.05) is 13.6 Å². The number of amides is 4. The fourth-order valence-electron chi connectivity index (χ4n) is 3.88. The molecule has 148 valence electrons. The highest BCUT2D eigenvalue weighted by Gasteiger charge is 2.51. The number of H-pyrrole nitrogens is 1. The first-order valence-corrected chi connectivity index (χ1v) is 10.1. The van der Waals surface area contributed by atoms with Gasteiger partial charge in [-0.05, 0) is 24.3 Å². The minimum absolute atomic E-state index is 0.0780. The number of imide groups is 1. The van der Waals surface area contributed by atoms with Crippen molar-refractivity contribution in [2.24, 2.45) is 0 Å². The number of aromatic amines is 1. The van der Waals surface area contributed by atoms with Gasteiger partial charge in [0, 0.05) is 7.05 Å². The summed E-state index contributed by atoms with van der Waals surface area (Å²) >= 11 is 1.30. The van der Waals surface area contributed by atoms with Crippen molar-refractivity contribution in [3.63, 3.8) is 0 Å². The Morgan fingerprint density at radius 3 is 2.79 bits per heavy atom. The summed E-state index contributed by atoms with van der Waals surface area (Å²) in [6.07, 6.45) is 4.05. The molecule has 1 saturated carbocycles. The lowest BCUT2D eigenvalue weighted by Gasteiger charge is -2.30. The molecule has 0 unspecified atom stereocenters. The average Bonchev–Trinajstić information content (AvgIpc) is 3.22. The van der Waals surface area contributed by atoms with Crippen molar-refractivity contribution < 1.29 is 14.4 Å². The quantitative estimate of drug-likeness (QED) is 0.744. The maximum Gasteiger partial charge on any atom is 0.325 e. The van der Waals surface area contributed by atoms with Crippen LogP contribution in [0.1, 0.15) is 37.9 Å². The Labute approximate surface area is 164 Å². The maximum atomic E-state index is 12.8. The van der Waals surface area contributed by atoms with Crippen molar-refractivity contribution in [2.45, 2.75) is 44.2 Å². The molecule has 1 spiro atoms. The van der Waals surface area contributed by atoms with Gasteiger partial charge in [0.1, 0.15) is 22.6 Å². The maximum absolute atomic E-state index is 12.8. The molecule has 28 heavy (non-hydrogen) atoms. The molecular formula is C18H21N5O4S. The Balaban J connectivity index is 1.44. The van der Waals surface area contributed by atoms with E-state index in [4.69, 9.17) is 0 Å². The van der Waals surface area contributed by atoms with Gasteiger partial charge in [-0.2, -0.15) is 0 Å². The van der Waals surface area contributed by atoms with E-state index in [0.29, 0.717) is 28.9 Å². The largest absolute Gasteiger partial charge is 0.337 e. The number of thiophene rings is 1. The predicted molar refractivity (Wildman–Crippen MR) is 103 cm³/mol. The van der Waals surface area contributed by atoms with Gasteiger partial charge in [0.15, 0.2) is 0 Å². The van der Waals surface area contributed by atoms with E-state index in [1.54, 1.807) is 18.5 Å². The zero-order chi connectivity index (χ0) is 19.9. The molecule has 2 fully saturated rings. The Kier molecular flexibility index (Phi) is 4.66. The topological polar surface area (TPSA) is 115 Å². The second kappa shape index (κ2) is 7.01. The third kappa shape index (κ3) is 3.17. The lowest BCUT2D eigenvalue weighted by Crippen LogP contribution is -2.49. The van der Waals surface area contributed by atoms with Gasteiger partial charge in [0.05, 0.1) is 12.1 Å². The van der Waals surface area contributed by atoms with E-state index in [1.165, 1.54) is 16.2 Å². The first kappa shape index (κ1) is 18.6. The molecule has 2 aromatic heterocycles. The third-order valence-electron chi connectivity index (χ3n) is 5.42. The summed E-state index contributed by atoms with van der Waals surface area (Å²) in [5.74, 6) is -0.359. The van der Waals surface area contributed by atoms with E-state index in [9.17, 15) is 19.2 Å². The molecule has 3 heterocycles. The van der Waals surface area contributed by atoms with E-state index in [2.05, 4.69) is 15.3 Å². The molecule has 9 nitrogen and oxygen atoms in total. The number of fused-ring (bicyclic) bond motifs is 1. The molecule has 4 rings (SSSR count). The van der Waals surface area contributed by atoms with E-state index >= 15 is 0 Å². The van der Waals surface area contributed by atoms with Crippen LogP contribution in [0.2, 0.25) is 0 Å². The van der Waals surface area contributed by atoms with E-state index in [-0.39, 0.29) is 24.6 Å². The number of nitrogens with one attached hydrogen (secondary N) is 2. The lowest BCUT2D eigenvalue weighted by molar-refractivity contribution is -0.139. The highest BCUT2D eigenvalue weighted by molar-refractivity contribution is 7.17. The zero-order valence-electron chi connectivity index (χ0n) is 15.5. The molecule has 2 aliphatic rings. The number of likely N-dealkylation sites (N-methyl/N-ethyl adjacent to an activating group) is 1. The lowest BCUT2D eigenvalue weighted by atomic mass is 9.82. The molecule has 2 N–H and O–H groups in total. The molecule has 1 aliphatic heterocycles. The minimum atomic E-state index is -0.842. The molecule has 0 bridgehead atoms. The molecule has 0 atom stereocenters. The molecule has 4 amide bonds. The van der Waals surface area contributed by atoms with Gasteiger partial charge in [0.25, 0.3) is 11.5 Å². The van der Waals surface area contributed by atoms with Gasteiger partial charge in [-0.15, -0.1) is 11.3 Å². The van der Waals surface area contributed by atoms with Crippen LogP contribution in [-0.2, 0) is 16.1 Å². The fraction of sp³-hybridized carbons (Fsp3) is 0.500. The van der Waals surface area contributed by atoms with Gasteiger partial charge in [-0.1, -0.05) is 19.3 Å². The number of hydrogen-bond acceptors (Lipinski definition) is 6. The van der Waals surface area contributed by atoms with Gasteiger partial charge in [0.2, 0.25) is 5.91 Å². The van der Waals surface area contributed by atoms with Crippen molar-refractivity contribution in [3.05, 3.63) is 27.6 Å². The third-order valence-corrected chi connectivity index (χ3v) is 6.33. The number of carbonyl (C=O) groups is 3. The van der Waals surface area contributed by atoms with Gasteiger partial charge in [-0.25, -0.2) is 9.78 Å². The van der Waals surface area contributed by atoms with Crippen LogP contribution in [0.25, 0.3) is 10.2 Å². The van der Waals surface area contributed by atoms with Gasteiger partial charge < -0.3 is 15.2 Å². The van der Waals surface area contributed by atoms with Crippen LogP contribution in [0.15, 0.2) is 16.2 Å². The van der Waals surface area contributed by atoms with Crippen LogP contribution >= 0.6 is 11.3 Å². The number of rotatable bonds is 4. The van der Waals surface area contributed by atoms with E-state index in [1.807, 2.05) is 0 Å². The highest BCUT2D eigenvalue weighted by atomic mass is 32.1. The standard InChI is InChI=1S/C18H21N5O4S/c1-22(9-12-19-11-5-8-28-14(11)15(25)20-12)13(24)10-23-16(26)18(21-17(23)27)6-3-2-4-7-18/h5,8H,2-4,6-7,9-10H2,1H3,(H,21,27)(H,19,20,25). The van der Waals surface area contributed by atoms with E-state index < -0.39 is 17.5 Å². The normalized spacial score (nSPS) is 18.7. The number of urea groups is 1. The van der Waals surface area contributed by atoms with Crippen molar-refractivity contribution in [1.29, 1.82) is 0 Å². The molecule has 0 aromatic carbocycles. The monoisotopic (exact) mass is 403 g/mol. The van der Waals surface area contributed by atoms with Crippen LogP contribution in [0.3, 0.4) is 0 Å².